The average Bonchev–Trinajstić information content (AvgIpc) is 3.04. The zero-order chi connectivity index (χ0) is 16.8. The van der Waals surface area contributed by atoms with E-state index in [0.29, 0.717) is 17.6 Å². The van der Waals surface area contributed by atoms with Crippen LogP contribution >= 0.6 is 0 Å². The van der Waals surface area contributed by atoms with Gasteiger partial charge in [0.15, 0.2) is 0 Å². The Morgan fingerprint density at radius 3 is 2.50 bits per heavy atom. The highest BCUT2D eigenvalue weighted by atomic mass is 16.1. The average molecular weight is 322 g/mol. The minimum atomic E-state index is 0.478. The molecular formula is C23H30O. The van der Waals surface area contributed by atoms with Crippen molar-refractivity contribution in [3.63, 3.8) is 0 Å². The van der Waals surface area contributed by atoms with Gasteiger partial charge in [0.2, 0.25) is 0 Å². The number of carbonyl (C=O) groups excluding carboxylic acids is 1. The van der Waals surface area contributed by atoms with Gasteiger partial charge in [0, 0.05) is 18.8 Å². The third kappa shape index (κ3) is 4.26. The molecule has 1 aromatic rings. The third-order valence-electron chi connectivity index (χ3n) is 5.75. The summed E-state index contributed by atoms with van der Waals surface area (Å²) >= 11 is 0. The molecule has 0 radical (unpaired) electrons. The van der Waals surface area contributed by atoms with Gasteiger partial charge in [-0.2, -0.15) is 0 Å². The largest absolute Gasteiger partial charge is 0.300 e. The van der Waals surface area contributed by atoms with E-state index in [9.17, 15) is 4.79 Å². The number of rotatable bonds is 7. The summed E-state index contributed by atoms with van der Waals surface area (Å²) in [4.78, 5) is 12.4. The van der Waals surface area contributed by atoms with Crippen LogP contribution in [0.3, 0.4) is 0 Å². The van der Waals surface area contributed by atoms with E-state index in [0.717, 1.165) is 25.7 Å². The molecule has 0 N–H and O–H groups in total. The molecule has 1 heteroatoms. The van der Waals surface area contributed by atoms with Gasteiger partial charge in [0.1, 0.15) is 5.78 Å². The van der Waals surface area contributed by atoms with Crippen molar-refractivity contribution in [2.75, 3.05) is 0 Å². The Morgan fingerprint density at radius 1 is 1.04 bits per heavy atom. The third-order valence-corrected chi connectivity index (χ3v) is 5.75. The summed E-state index contributed by atoms with van der Waals surface area (Å²) in [5.41, 5.74) is 4.20. The number of Topliss-reactive ketones (excluding diaryl/α,β-unsaturated/α-hetero) is 1. The summed E-state index contributed by atoms with van der Waals surface area (Å²) < 4.78 is 0. The molecule has 2 aliphatic rings. The first-order valence-corrected chi connectivity index (χ1v) is 9.75. The summed E-state index contributed by atoms with van der Waals surface area (Å²) in [5, 5.41) is 0. The van der Waals surface area contributed by atoms with Gasteiger partial charge >= 0.3 is 0 Å². The standard InChI is InChI=1S/C23H30O/c1-2-22-20(14-16-23(22)19-11-7-4-8-12-19)13-15-21(24)17-18-9-5-3-6-10-18/h4,7-8,11-12,14,16,18,22H,2-3,5-6,9-10,13,15,17H2,1H3. The molecule has 0 amide bonds. The predicted molar refractivity (Wildman–Crippen MR) is 102 cm³/mol. The second-order valence-corrected chi connectivity index (χ2v) is 7.44. The first kappa shape index (κ1) is 17.2. The quantitative estimate of drug-likeness (QED) is 0.571. The SMILES string of the molecule is CCC1C(CCC(=O)CC2CCCCC2)=CC=C1c1ccccc1. The van der Waals surface area contributed by atoms with Gasteiger partial charge < -0.3 is 0 Å². The number of carbonyl (C=O) groups is 1. The first-order valence-electron chi connectivity index (χ1n) is 9.75. The smallest absolute Gasteiger partial charge is 0.133 e. The van der Waals surface area contributed by atoms with E-state index in [-0.39, 0.29) is 0 Å². The number of hydrogen-bond acceptors (Lipinski definition) is 1. The normalized spacial score (nSPS) is 21.5. The molecule has 0 aliphatic heterocycles. The van der Waals surface area contributed by atoms with Gasteiger partial charge in [0.25, 0.3) is 0 Å². The molecule has 1 saturated carbocycles. The van der Waals surface area contributed by atoms with Crippen LogP contribution in [-0.4, -0.2) is 5.78 Å². The van der Waals surface area contributed by atoms with E-state index >= 15 is 0 Å². The van der Waals surface area contributed by atoms with Crippen LogP contribution in [0.15, 0.2) is 48.1 Å². The molecule has 0 spiro atoms. The number of allylic oxidation sites excluding steroid dienone is 4. The summed E-state index contributed by atoms with van der Waals surface area (Å²) in [6, 6.07) is 10.7. The fraction of sp³-hybridized carbons (Fsp3) is 0.522. The van der Waals surface area contributed by atoms with Crippen molar-refractivity contribution in [1.29, 1.82) is 0 Å². The lowest BCUT2D eigenvalue weighted by Gasteiger charge is -2.21. The maximum Gasteiger partial charge on any atom is 0.133 e. The lowest BCUT2D eigenvalue weighted by Crippen LogP contribution is -2.12. The maximum absolute atomic E-state index is 12.4. The minimum absolute atomic E-state index is 0.478. The fourth-order valence-corrected chi connectivity index (χ4v) is 4.40. The Hall–Kier alpha value is -1.63. The molecule has 0 saturated heterocycles. The molecule has 24 heavy (non-hydrogen) atoms. The van der Waals surface area contributed by atoms with Crippen molar-refractivity contribution in [2.24, 2.45) is 11.8 Å². The van der Waals surface area contributed by atoms with E-state index in [1.807, 2.05) is 0 Å². The van der Waals surface area contributed by atoms with E-state index < -0.39 is 0 Å². The Morgan fingerprint density at radius 2 is 1.79 bits per heavy atom. The molecular weight excluding hydrogens is 292 g/mol. The Kier molecular flexibility index (Phi) is 6.07. The van der Waals surface area contributed by atoms with Crippen LogP contribution in [0.1, 0.15) is 70.3 Å². The molecule has 1 atom stereocenters. The van der Waals surface area contributed by atoms with Crippen LogP contribution in [0.2, 0.25) is 0 Å². The molecule has 1 fully saturated rings. The molecule has 0 aromatic heterocycles. The molecule has 1 nitrogen and oxygen atoms in total. The van der Waals surface area contributed by atoms with Crippen molar-refractivity contribution in [3.8, 4) is 0 Å². The molecule has 2 aliphatic carbocycles. The van der Waals surface area contributed by atoms with Crippen molar-refractivity contribution >= 4 is 11.4 Å². The van der Waals surface area contributed by atoms with Crippen molar-refractivity contribution in [2.45, 2.75) is 64.7 Å². The van der Waals surface area contributed by atoms with E-state index in [1.165, 1.54) is 48.8 Å². The second kappa shape index (κ2) is 8.46. The molecule has 0 heterocycles. The van der Waals surface area contributed by atoms with Crippen molar-refractivity contribution < 1.29 is 4.79 Å². The first-order chi connectivity index (χ1) is 11.8. The highest BCUT2D eigenvalue weighted by molar-refractivity contribution is 5.80. The van der Waals surface area contributed by atoms with Gasteiger partial charge in [0.05, 0.1) is 0 Å². The van der Waals surface area contributed by atoms with E-state index in [2.05, 4.69) is 49.4 Å². The summed E-state index contributed by atoms with van der Waals surface area (Å²) in [6.45, 7) is 2.25. The summed E-state index contributed by atoms with van der Waals surface area (Å²) in [6.07, 6.45) is 14.7. The lowest BCUT2D eigenvalue weighted by atomic mass is 9.83. The number of benzene rings is 1. The Bertz CT molecular complexity index is 602. The van der Waals surface area contributed by atoms with Crippen LogP contribution in [-0.2, 0) is 4.79 Å². The van der Waals surface area contributed by atoms with Crippen molar-refractivity contribution in [1.82, 2.24) is 0 Å². The highest BCUT2D eigenvalue weighted by Gasteiger charge is 2.23. The topological polar surface area (TPSA) is 17.1 Å². The Labute approximate surface area is 146 Å². The zero-order valence-corrected chi connectivity index (χ0v) is 15.0. The fourth-order valence-electron chi connectivity index (χ4n) is 4.40. The number of ketones is 1. The molecule has 1 aromatic carbocycles. The van der Waals surface area contributed by atoms with Crippen LogP contribution in [0, 0.1) is 11.8 Å². The van der Waals surface area contributed by atoms with E-state index in [1.54, 1.807) is 0 Å². The van der Waals surface area contributed by atoms with E-state index in [4.69, 9.17) is 0 Å². The molecule has 128 valence electrons. The minimum Gasteiger partial charge on any atom is -0.300 e. The van der Waals surface area contributed by atoms with Gasteiger partial charge in [-0.05, 0) is 29.9 Å². The molecule has 3 rings (SSSR count). The van der Waals surface area contributed by atoms with Crippen LogP contribution < -0.4 is 0 Å². The predicted octanol–water partition coefficient (Wildman–Crippen LogP) is 6.36. The van der Waals surface area contributed by atoms with Gasteiger partial charge in [-0.15, -0.1) is 0 Å². The Balaban J connectivity index is 1.51. The van der Waals surface area contributed by atoms with Gasteiger partial charge in [-0.3, -0.25) is 4.79 Å². The second-order valence-electron chi connectivity index (χ2n) is 7.44. The van der Waals surface area contributed by atoms with Gasteiger partial charge in [-0.25, -0.2) is 0 Å². The highest BCUT2D eigenvalue weighted by Crippen LogP contribution is 2.38. The summed E-state index contributed by atoms with van der Waals surface area (Å²) in [7, 11) is 0. The van der Waals surface area contributed by atoms with Crippen LogP contribution in [0.5, 0.6) is 0 Å². The van der Waals surface area contributed by atoms with Crippen LogP contribution in [0.4, 0.5) is 0 Å². The van der Waals surface area contributed by atoms with Crippen LogP contribution in [0.25, 0.3) is 5.57 Å². The monoisotopic (exact) mass is 322 g/mol. The maximum atomic E-state index is 12.4. The van der Waals surface area contributed by atoms with Crippen molar-refractivity contribution in [3.05, 3.63) is 53.6 Å². The number of hydrogen-bond donors (Lipinski definition) is 0. The van der Waals surface area contributed by atoms with Gasteiger partial charge in [-0.1, -0.05) is 87.1 Å². The summed E-state index contributed by atoms with van der Waals surface area (Å²) in [5.74, 6) is 1.64. The molecule has 0 bridgehead atoms. The molecule has 1 unspecified atom stereocenters. The zero-order valence-electron chi connectivity index (χ0n) is 15.0. The lowest BCUT2D eigenvalue weighted by molar-refractivity contribution is -0.120.